The van der Waals surface area contributed by atoms with Gasteiger partial charge < -0.3 is 15.1 Å². The summed E-state index contributed by atoms with van der Waals surface area (Å²) < 4.78 is 0. The molecule has 3 rings (SSSR count). The van der Waals surface area contributed by atoms with Gasteiger partial charge in [-0.05, 0) is 51.5 Å². The summed E-state index contributed by atoms with van der Waals surface area (Å²) in [5, 5.41) is 2.97. The molecule has 0 aromatic heterocycles. The molecule has 6 heteroatoms. The van der Waals surface area contributed by atoms with Crippen LogP contribution in [-0.4, -0.2) is 46.5 Å². The van der Waals surface area contributed by atoms with Gasteiger partial charge in [0.05, 0.1) is 4.87 Å². The summed E-state index contributed by atoms with van der Waals surface area (Å²) in [6.45, 7) is 8.23. The predicted octanol–water partition coefficient (Wildman–Crippen LogP) is 2.93. The van der Waals surface area contributed by atoms with E-state index in [1.165, 1.54) is 0 Å². The number of fused-ring (bicyclic) bond motifs is 1. The van der Waals surface area contributed by atoms with E-state index >= 15 is 0 Å². The van der Waals surface area contributed by atoms with Crippen molar-refractivity contribution in [2.24, 2.45) is 0 Å². The normalized spacial score (nSPS) is 25.7. The average Bonchev–Trinajstić information content (AvgIpc) is 3.07. The zero-order chi connectivity index (χ0) is 17.3. The van der Waals surface area contributed by atoms with Crippen molar-refractivity contribution in [1.29, 1.82) is 0 Å². The minimum absolute atomic E-state index is 0.0861. The molecule has 130 valence electrons. The molecule has 5 nitrogen and oxygen atoms in total. The first-order chi connectivity index (χ1) is 11.5. The average molecular weight is 347 g/mol. The summed E-state index contributed by atoms with van der Waals surface area (Å²) in [5.74, 6) is 0.683. The molecule has 0 radical (unpaired) electrons. The number of nitrogens with zero attached hydrogens (tertiary/aromatic N) is 2. The fourth-order valence-electron chi connectivity index (χ4n) is 3.58. The predicted molar refractivity (Wildman–Crippen MR) is 99.4 cm³/mol. The summed E-state index contributed by atoms with van der Waals surface area (Å²) in [5.41, 5.74) is 1.93. The zero-order valence-electron chi connectivity index (χ0n) is 14.5. The van der Waals surface area contributed by atoms with E-state index in [2.05, 4.69) is 31.0 Å². The van der Waals surface area contributed by atoms with Gasteiger partial charge in [0.25, 0.3) is 0 Å². The number of carbonyl (C=O) groups excluding carboxylic acids is 2. The second-order valence-electron chi connectivity index (χ2n) is 6.47. The second kappa shape index (κ2) is 6.67. The first-order valence-electron chi connectivity index (χ1n) is 8.60. The number of carbonyl (C=O) groups is 2. The van der Waals surface area contributed by atoms with Gasteiger partial charge in [-0.25, -0.2) is 0 Å². The Kier molecular flexibility index (Phi) is 4.76. The molecule has 0 aliphatic carbocycles. The summed E-state index contributed by atoms with van der Waals surface area (Å²) in [7, 11) is 0. The fourth-order valence-corrected chi connectivity index (χ4v) is 5.02. The first kappa shape index (κ1) is 17.1. The van der Waals surface area contributed by atoms with Gasteiger partial charge in [-0.1, -0.05) is 0 Å². The van der Waals surface area contributed by atoms with Crippen LogP contribution in [0.25, 0.3) is 0 Å². The van der Waals surface area contributed by atoms with E-state index in [1.807, 2.05) is 24.3 Å². The lowest BCUT2D eigenvalue weighted by Gasteiger charge is -2.29. The molecule has 2 unspecified atom stereocenters. The number of benzene rings is 1. The molecular weight excluding hydrogens is 322 g/mol. The number of rotatable bonds is 5. The molecule has 2 aliphatic rings. The van der Waals surface area contributed by atoms with E-state index in [0.29, 0.717) is 12.2 Å². The van der Waals surface area contributed by atoms with Crippen LogP contribution in [0.1, 0.15) is 33.6 Å². The topological polar surface area (TPSA) is 52.7 Å². The van der Waals surface area contributed by atoms with E-state index in [4.69, 9.17) is 0 Å². The summed E-state index contributed by atoms with van der Waals surface area (Å²) >= 11 is 1.72. The number of hydrogen-bond donors (Lipinski definition) is 1. The van der Waals surface area contributed by atoms with Crippen LogP contribution in [0.2, 0.25) is 0 Å². The fraction of sp³-hybridized carbons (Fsp3) is 0.556. The number of anilines is 2. The van der Waals surface area contributed by atoms with Gasteiger partial charge in [0, 0.05) is 36.6 Å². The van der Waals surface area contributed by atoms with Crippen molar-refractivity contribution in [1.82, 2.24) is 4.90 Å². The van der Waals surface area contributed by atoms with Crippen molar-refractivity contribution < 1.29 is 9.59 Å². The van der Waals surface area contributed by atoms with Gasteiger partial charge in [-0.2, -0.15) is 0 Å². The highest BCUT2D eigenvalue weighted by Gasteiger charge is 2.52. The Morgan fingerprint density at radius 2 is 2.00 bits per heavy atom. The SMILES string of the molecule is CCN(CC)c1ccc(NC(=O)C2CSC3(C)CCC(=O)N23)cc1. The smallest absolute Gasteiger partial charge is 0.248 e. The Labute approximate surface area is 147 Å². The highest BCUT2D eigenvalue weighted by Crippen LogP contribution is 2.47. The van der Waals surface area contributed by atoms with Crippen molar-refractivity contribution in [2.45, 2.75) is 44.5 Å². The monoisotopic (exact) mass is 347 g/mol. The van der Waals surface area contributed by atoms with E-state index in [1.54, 1.807) is 16.7 Å². The highest BCUT2D eigenvalue weighted by atomic mass is 32.2. The Bertz CT molecular complexity index is 630. The van der Waals surface area contributed by atoms with Crippen LogP contribution in [0.4, 0.5) is 11.4 Å². The number of hydrogen-bond acceptors (Lipinski definition) is 4. The van der Waals surface area contributed by atoms with Crippen LogP contribution >= 0.6 is 11.8 Å². The third-order valence-electron chi connectivity index (χ3n) is 5.01. The molecule has 1 N–H and O–H groups in total. The molecular formula is C18H25N3O2S. The molecule has 2 amide bonds. The molecule has 0 spiro atoms. The third kappa shape index (κ3) is 2.99. The van der Waals surface area contributed by atoms with Gasteiger partial charge in [-0.15, -0.1) is 11.8 Å². The molecule has 24 heavy (non-hydrogen) atoms. The lowest BCUT2D eigenvalue weighted by Crippen LogP contribution is -2.48. The maximum absolute atomic E-state index is 12.6. The largest absolute Gasteiger partial charge is 0.372 e. The number of amides is 2. The highest BCUT2D eigenvalue weighted by molar-refractivity contribution is 8.01. The van der Waals surface area contributed by atoms with Crippen molar-refractivity contribution >= 4 is 35.0 Å². The molecule has 2 atom stereocenters. The van der Waals surface area contributed by atoms with Crippen LogP contribution in [0.3, 0.4) is 0 Å². The minimum atomic E-state index is -0.363. The third-order valence-corrected chi connectivity index (χ3v) is 6.52. The van der Waals surface area contributed by atoms with Gasteiger partial charge in [0.2, 0.25) is 11.8 Å². The molecule has 2 aliphatic heterocycles. The van der Waals surface area contributed by atoms with Crippen LogP contribution in [0, 0.1) is 0 Å². The Balaban J connectivity index is 1.68. The van der Waals surface area contributed by atoms with Crippen LogP contribution in [0.5, 0.6) is 0 Å². The Hall–Kier alpha value is -1.69. The molecule has 2 fully saturated rings. The molecule has 2 saturated heterocycles. The molecule has 1 aromatic rings. The zero-order valence-corrected chi connectivity index (χ0v) is 15.4. The molecule has 2 heterocycles. The van der Waals surface area contributed by atoms with E-state index in [0.717, 1.165) is 30.9 Å². The number of thioether (sulfide) groups is 1. The van der Waals surface area contributed by atoms with Gasteiger partial charge in [-0.3, -0.25) is 9.59 Å². The lowest BCUT2D eigenvalue weighted by atomic mass is 10.2. The maximum Gasteiger partial charge on any atom is 0.248 e. The van der Waals surface area contributed by atoms with Crippen LogP contribution in [-0.2, 0) is 9.59 Å². The van der Waals surface area contributed by atoms with Crippen molar-refractivity contribution in [3.8, 4) is 0 Å². The first-order valence-corrected chi connectivity index (χ1v) is 9.59. The second-order valence-corrected chi connectivity index (χ2v) is 7.98. The molecule has 0 bridgehead atoms. The quantitative estimate of drug-likeness (QED) is 0.890. The Morgan fingerprint density at radius 3 is 2.62 bits per heavy atom. The lowest BCUT2D eigenvalue weighted by molar-refractivity contribution is -0.135. The van der Waals surface area contributed by atoms with Gasteiger partial charge >= 0.3 is 0 Å². The standard InChI is InChI=1S/C18H25N3O2S/c1-4-20(5-2)14-8-6-13(7-9-14)19-17(23)15-12-24-18(3)11-10-16(22)21(15)18/h6-9,15H,4-5,10-12H2,1-3H3,(H,19,23). The van der Waals surface area contributed by atoms with Crippen molar-refractivity contribution in [3.05, 3.63) is 24.3 Å². The Morgan fingerprint density at radius 1 is 1.33 bits per heavy atom. The van der Waals surface area contributed by atoms with E-state index in [9.17, 15) is 9.59 Å². The maximum atomic E-state index is 12.6. The van der Waals surface area contributed by atoms with Crippen LogP contribution < -0.4 is 10.2 Å². The summed E-state index contributed by atoms with van der Waals surface area (Å²) in [4.78, 5) is 28.6. The van der Waals surface area contributed by atoms with Crippen molar-refractivity contribution in [2.75, 3.05) is 29.1 Å². The van der Waals surface area contributed by atoms with Crippen LogP contribution in [0.15, 0.2) is 24.3 Å². The van der Waals surface area contributed by atoms with Gasteiger partial charge in [0.1, 0.15) is 6.04 Å². The summed E-state index contributed by atoms with van der Waals surface area (Å²) in [6.07, 6.45) is 1.38. The van der Waals surface area contributed by atoms with E-state index < -0.39 is 0 Å². The number of nitrogens with one attached hydrogen (secondary N) is 1. The molecule has 1 aromatic carbocycles. The summed E-state index contributed by atoms with van der Waals surface area (Å²) in [6, 6.07) is 7.54. The van der Waals surface area contributed by atoms with E-state index in [-0.39, 0.29) is 22.7 Å². The van der Waals surface area contributed by atoms with Gasteiger partial charge in [0.15, 0.2) is 0 Å². The minimum Gasteiger partial charge on any atom is -0.372 e. The van der Waals surface area contributed by atoms with Crippen molar-refractivity contribution in [3.63, 3.8) is 0 Å². The molecule has 0 saturated carbocycles.